The van der Waals surface area contributed by atoms with Gasteiger partial charge < -0.3 is 14.2 Å². The molecule has 1 heterocycles. The van der Waals surface area contributed by atoms with Gasteiger partial charge in [0.2, 0.25) is 5.91 Å². The highest BCUT2D eigenvalue weighted by Crippen LogP contribution is 2.31. The third kappa shape index (κ3) is 6.44. The van der Waals surface area contributed by atoms with Crippen molar-refractivity contribution in [2.45, 2.75) is 102 Å². The first kappa shape index (κ1) is 24.4. The van der Waals surface area contributed by atoms with Crippen LogP contribution in [-0.2, 0) is 17.9 Å². The van der Waals surface area contributed by atoms with Crippen molar-refractivity contribution in [3.05, 3.63) is 35.1 Å². The van der Waals surface area contributed by atoms with Crippen LogP contribution in [0.3, 0.4) is 0 Å². The molecule has 0 saturated heterocycles. The van der Waals surface area contributed by atoms with Gasteiger partial charge in [0, 0.05) is 23.7 Å². The highest BCUT2D eigenvalue weighted by molar-refractivity contribution is 7.99. The second kappa shape index (κ2) is 12.1. The number of nitrogens with zero attached hydrogens (tertiary/aromatic N) is 4. The highest BCUT2D eigenvalue weighted by Gasteiger charge is 2.32. The molecular formula is C25H35ClN4O2S. The number of halogens is 1. The van der Waals surface area contributed by atoms with E-state index in [2.05, 4.69) is 22.0 Å². The summed E-state index contributed by atoms with van der Waals surface area (Å²) >= 11 is 7.45. The van der Waals surface area contributed by atoms with Gasteiger partial charge in [-0.15, -0.1) is 10.2 Å². The summed E-state index contributed by atoms with van der Waals surface area (Å²) < 4.78 is 7.90. The van der Waals surface area contributed by atoms with Crippen LogP contribution < -0.4 is 4.74 Å². The Morgan fingerprint density at radius 2 is 1.64 bits per heavy atom. The van der Waals surface area contributed by atoms with E-state index >= 15 is 0 Å². The van der Waals surface area contributed by atoms with Crippen molar-refractivity contribution in [1.82, 2.24) is 19.7 Å². The Bertz CT molecular complexity index is 874. The van der Waals surface area contributed by atoms with Gasteiger partial charge in [0.25, 0.3) is 0 Å². The first-order valence-electron chi connectivity index (χ1n) is 12.4. The Morgan fingerprint density at radius 1 is 1.03 bits per heavy atom. The Labute approximate surface area is 206 Å². The summed E-state index contributed by atoms with van der Waals surface area (Å²) in [6.45, 7) is 3.13. The first-order valence-corrected chi connectivity index (χ1v) is 13.8. The summed E-state index contributed by atoms with van der Waals surface area (Å²) in [5.74, 6) is 2.19. The third-order valence-corrected chi connectivity index (χ3v) is 8.04. The molecule has 33 heavy (non-hydrogen) atoms. The van der Waals surface area contributed by atoms with Crippen molar-refractivity contribution in [1.29, 1.82) is 0 Å². The van der Waals surface area contributed by atoms with Crippen molar-refractivity contribution in [3.8, 4) is 5.75 Å². The van der Waals surface area contributed by atoms with Crippen LogP contribution in [0.1, 0.15) is 77.0 Å². The van der Waals surface area contributed by atoms with Crippen LogP contribution in [0.4, 0.5) is 0 Å². The quantitative estimate of drug-likeness (QED) is 0.396. The molecule has 0 aliphatic heterocycles. The largest absolute Gasteiger partial charge is 0.486 e. The number of aromatic nitrogens is 3. The number of carbonyl (C=O) groups excluding carboxylic acids is 1. The van der Waals surface area contributed by atoms with Crippen molar-refractivity contribution in [2.24, 2.45) is 0 Å². The predicted molar refractivity (Wildman–Crippen MR) is 133 cm³/mol. The minimum absolute atomic E-state index is 0.267. The van der Waals surface area contributed by atoms with E-state index in [0.717, 1.165) is 49.0 Å². The maximum absolute atomic E-state index is 13.5. The van der Waals surface area contributed by atoms with Crippen LogP contribution in [-0.4, -0.2) is 43.4 Å². The number of rotatable bonds is 9. The van der Waals surface area contributed by atoms with E-state index in [1.807, 2.05) is 16.7 Å². The number of ether oxygens (including phenoxy) is 1. The lowest BCUT2D eigenvalue weighted by Gasteiger charge is -2.41. The van der Waals surface area contributed by atoms with E-state index in [0.29, 0.717) is 29.5 Å². The number of benzene rings is 1. The molecular weight excluding hydrogens is 456 g/mol. The lowest BCUT2D eigenvalue weighted by atomic mass is 9.88. The van der Waals surface area contributed by atoms with E-state index < -0.39 is 0 Å². The molecule has 0 unspecified atom stereocenters. The number of hydrogen-bond donors (Lipinski definition) is 0. The molecule has 1 aromatic heterocycles. The fourth-order valence-corrected chi connectivity index (χ4v) is 6.17. The minimum atomic E-state index is 0.267. The first-order chi connectivity index (χ1) is 16.2. The third-order valence-electron chi connectivity index (χ3n) is 6.84. The molecule has 4 rings (SSSR count). The molecule has 0 spiro atoms. The Morgan fingerprint density at radius 3 is 2.21 bits per heavy atom. The van der Waals surface area contributed by atoms with Crippen LogP contribution in [0.25, 0.3) is 0 Å². The number of thioether (sulfide) groups is 1. The van der Waals surface area contributed by atoms with Crippen LogP contribution >= 0.6 is 23.4 Å². The summed E-state index contributed by atoms with van der Waals surface area (Å²) in [5.41, 5.74) is 0. The monoisotopic (exact) mass is 490 g/mol. The standard InChI is InChI=1S/C25H35ClN4O2S/c1-2-29-23(17-32-22-15-13-19(26)14-16-22)27-28-25(29)33-18-24(31)30(20-9-5-3-6-10-20)21-11-7-4-8-12-21/h13-16,20-21H,2-12,17-18H2,1H3. The number of carbonyl (C=O) groups is 1. The average molecular weight is 491 g/mol. The normalized spacial score (nSPS) is 17.8. The van der Waals surface area contributed by atoms with Crippen molar-refractivity contribution in [2.75, 3.05) is 5.75 Å². The second-order valence-corrected chi connectivity index (χ2v) is 10.4. The van der Waals surface area contributed by atoms with E-state index in [-0.39, 0.29) is 5.91 Å². The molecule has 2 aliphatic carbocycles. The Hall–Kier alpha value is -1.73. The lowest BCUT2D eigenvalue weighted by Crippen LogP contribution is -2.49. The van der Waals surface area contributed by atoms with Gasteiger partial charge in [-0.2, -0.15) is 0 Å². The highest BCUT2D eigenvalue weighted by atomic mass is 35.5. The fourth-order valence-electron chi connectivity index (χ4n) is 5.15. The molecule has 2 aromatic rings. The molecule has 0 N–H and O–H groups in total. The maximum atomic E-state index is 13.5. The van der Waals surface area contributed by atoms with Crippen molar-refractivity contribution >= 4 is 29.3 Å². The molecule has 2 aliphatic rings. The van der Waals surface area contributed by atoms with Gasteiger partial charge in [0.05, 0.1) is 5.75 Å². The van der Waals surface area contributed by atoms with Crippen molar-refractivity contribution in [3.63, 3.8) is 0 Å². The molecule has 1 aromatic carbocycles. The smallest absolute Gasteiger partial charge is 0.233 e. The zero-order chi connectivity index (χ0) is 23.0. The molecule has 0 bridgehead atoms. The SMILES string of the molecule is CCn1c(COc2ccc(Cl)cc2)nnc1SCC(=O)N(C1CCCCC1)C1CCCCC1. The Balaban J connectivity index is 1.39. The van der Waals surface area contributed by atoms with Crippen molar-refractivity contribution < 1.29 is 9.53 Å². The zero-order valence-corrected chi connectivity index (χ0v) is 21.1. The lowest BCUT2D eigenvalue weighted by molar-refractivity contribution is -0.135. The fraction of sp³-hybridized carbons (Fsp3) is 0.640. The summed E-state index contributed by atoms with van der Waals surface area (Å²) in [6.07, 6.45) is 12.2. The minimum Gasteiger partial charge on any atom is -0.486 e. The van der Waals surface area contributed by atoms with E-state index in [1.54, 1.807) is 12.1 Å². The molecule has 180 valence electrons. The van der Waals surface area contributed by atoms with Gasteiger partial charge in [-0.25, -0.2) is 0 Å². The molecule has 2 fully saturated rings. The van der Waals surface area contributed by atoms with E-state index in [1.165, 1.54) is 50.3 Å². The topological polar surface area (TPSA) is 60.2 Å². The summed E-state index contributed by atoms with van der Waals surface area (Å²) in [4.78, 5) is 15.8. The summed E-state index contributed by atoms with van der Waals surface area (Å²) in [5, 5.41) is 10.2. The predicted octanol–water partition coefficient (Wildman–Crippen LogP) is 6.12. The second-order valence-electron chi connectivity index (χ2n) is 9.06. The van der Waals surface area contributed by atoms with E-state index in [4.69, 9.17) is 16.3 Å². The van der Waals surface area contributed by atoms with Gasteiger partial charge in [-0.3, -0.25) is 4.79 Å². The maximum Gasteiger partial charge on any atom is 0.233 e. The van der Waals surface area contributed by atoms with Gasteiger partial charge in [-0.05, 0) is 56.9 Å². The van der Waals surface area contributed by atoms with Gasteiger partial charge >= 0.3 is 0 Å². The van der Waals surface area contributed by atoms with Gasteiger partial charge in [-0.1, -0.05) is 61.9 Å². The Kier molecular flexibility index (Phi) is 8.96. The molecule has 6 nitrogen and oxygen atoms in total. The van der Waals surface area contributed by atoms with Gasteiger partial charge in [0.1, 0.15) is 12.4 Å². The number of hydrogen-bond acceptors (Lipinski definition) is 5. The van der Waals surface area contributed by atoms with Crippen LogP contribution in [0, 0.1) is 0 Å². The van der Waals surface area contributed by atoms with Crippen LogP contribution in [0.5, 0.6) is 5.75 Å². The van der Waals surface area contributed by atoms with E-state index in [9.17, 15) is 4.79 Å². The van der Waals surface area contributed by atoms with Crippen LogP contribution in [0.15, 0.2) is 29.4 Å². The molecule has 1 amide bonds. The zero-order valence-electron chi connectivity index (χ0n) is 19.5. The molecule has 2 saturated carbocycles. The van der Waals surface area contributed by atoms with Gasteiger partial charge in [0.15, 0.2) is 11.0 Å². The average Bonchev–Trinajstić information content (AvgIpc) is 3.25. The van der Waals surface area contributed by atoms with Crippen LogP contribution in [0.2, 0.25) is 5.02 Å². The molecule has 8 heteroatoms. The summed E-state index contributed by atoms with van der Waals surface area (Å²) in [7, 11) is 0. The molecule has 0 atom stereocenters. The molecule has 0 radical (unpaired) electrons. The summed E-state index contributed by atoms with van der Waals surface area (Å²) in [6, 6.07) is 8.13. The number of amides is 1.